The Balaban J connectivity index is 3.80. The predicted octanol–water partition coefficient (Wildman–Crippen LogP) is 1.98. The Labute approximate surface area is 109 Å². The molecule has 7 nitrogen and oxygen atoms in total. The molecule has 0 aliphatic rings. The van der Waals surface area contributed by atoms with Crippen LogP contribution in [-0.4, -0.2) is 31.3 Å². The van der Waals surface area contributed by atoms with Crippen molar-refractivity contribution in [3.63, 3.8) is 0 Å². The van der Waals surface area contributed by atoms with Crippen LogP contribution in [0.3, 0.4) is 0 Å². The number of nitrogens with zero attached hydrogens (tertiary/aromatic N) is 1. The van der Waals surface area contributed by atoms with Crippen LogP contribution >= 0.6 is 0 Å². The summed E-state index contributed by atoms with van der Waals surface area (Å²) in [7, 11) is 2.24. The molecule has 7 heteroatoms. The van der Waals surface area contributed by atoms with E-state index in [4.69, 9.17) is 0 Å². The van der Waals surface area contributed by atoms with E-state index in [-0.39, 0.29) is 27.9 Å². The largest absolute Gasteiger partial charge is 0.506 e. The molecule has 0 heterocycles. The first-order chi connectivity index (χ1) is 8.90. The maximum Gasteiger partial charge on any atom is 0.342 e. The Morgan fingerprint density at radius 1 is 1.00 bits per heavy atom. The summed E-state index contributed by atoms with van der Waals surface area (Å²) in [5.74, 6) is -2.32. The highest BCUT2D eigenvalue weighted by atomic mass is 16.5. The Bertz CT molecular complexity index is 521. The molecule has 0 saturated heterocycles. The summed E-state index contributed by atoms with van der Waals surface area (Å²) < 4.78 is 9.02. The van der Waals surface area contributed by atoms with Gasteiger partial charge < -0.3 is 14.6 Å². The number of hydrogen-bond donors (Lipinski definition) is 1. The van der Waals surface area contributed by atoms with Crippen LogP contribution in [0.1, 0.15) is 31.8 Å². The number of aromatic hydroxyl groups is 1. The monoisotopic (exact) mass is 267 g/mol. The fraction of sp³-hybridized carbons (Fsp3) is 0.333. The molecule has 1 N–H and O–H groups in total. The number of phenols is 1. The fourth-order valence-corrected chi connectivity index (χ4v) is 1.84. The first-order valence-electron chi connectivity index (χ1n) is 5.26. The number of hydrogen-bond acceptors (Lipinski definition) is 7. The molecule has 0 aliphatic carbocycles. The zero-order chi connectivity index (χ0) is 14.7. The van der Waals surface area contributed by atoms with E-state index < -0.39 is 17.7 Å². The molecule has 0 atom stereocenters. The topological polar surface area (TPSA) is 102 Å². The van der Waals surface area contributed by atoms with Gasteiger partial charge in [-0.05, 0) is 30.2 Å². The minimum atomic E-state index is -0.870. The Kier molecular flexibility index (Phi) is 4.21. The van der Waals surface area contributed by atoms with E-state index in [0.717, 1.165) is 14.2 Å². The summed E-state index contributed by atoms with van der Waals surface area (Å²) in [6.45, 7) is 2.85. The number of methoxy groups -OCH3 is 2. The van der Waals surface area contributed by atoms with Crippen LogP contribution in [0.5, 0.6) is 5.75 Å². The van der Waals surface area contributed by atoms with Crippen molar-refractivity contribution in [1.29, 1.82) is 0 Å². The molecule has 1 rings (SSSR count). The lowest BCUT2D eigenvalue weighted by atomic mass is 9.95. The molecule has 1 aromatic rings. The van der Waals surface area contributed by atoms with Crippen LogP contribution in [0.2, 0.25) is 0 Å². The maximum atomic E-state index is 11.6. The number of esters is 2. The smallest absolute Gasteiger partial charge is 0.342 e. The van der Waals surface area contributed by atoms with Gasteiger partial charge >= 0.3 is 11.9 Å². The molecule has 0 unspecified atom stereocenters. The van der Waals surface area contributed by atoms with Gasteiger partial charge in [-0.3, -0.25) is 0 Å². The second-order valence-electron chi connectivity index (χ2n) is 3.77. The third kappa shape index (κ3) is 2.26. The van der Waals surface area contributed by atoms with Crippen molar-refractivity contribution < 1.29 is 24.2 Å². The van der Waals surface area contributed by atoms with Crippen LogP contribution in [-0.2, 0) is 9.47 Å². The predicted molar refractivity (Wildman–Crippen MR) is 65.7 cm³/mol. The molecule has 19 heavy (non-hydrogen) atoms. The standard InChI is InChI=1S/C12H13NO6/c1-5-7(11(15)18-3)10(14)8(12(16)19-4)6(2)9(5)13-17/h14H,1-4H3. The first-order valence-corrected chi connectivity index (χ1v) is 5.26. The number of phenolic OH excluding ortho intramolecular Hbond substituents is 1. The van der Waals surface area contributed by atoms with E-state index in [1.54, 1.807) is 0 Å². The molecule has 0 bridgehead atoms. The summed E-state index contributed by atoms with van der Waals surface area (Å²) in [6, 6.07) is 0. The summed E-state index contributed by atoms with van der Waals surface area (Å²) in [5.41, 5.74) is -0.362. The quantitative estimate of drug-likeness (QED) is 0.663. The number of carbonyl (C=O) groups is 2. The molecular formula is C12H13NO6. The van der Waals surface area contributed by atoms with Crippen molar-refractivity contribution in [3.8, 4) is 5.75 Å². The third-order valence-corrected chi connectivity index (χ3v) is 2.80. The fourth-order valence-electron chi connectivity index (χ4n) is 1.84. The highest BCUT2D eigenvalue weighted by Gasteiger charge is 2.28. The van der Waals surface area contributed by atoms with E-state index in [1.807, 2.05) is 0 Å². The Hall–Kier alpha value is -2.44. The average Bonchev–Trinajstić information content (AvgIpc) is 2.38. The van der Waals surface area contributed by atoms with Gasteiger partial charge in [0.25, 0.3) is 0 Å². The van der Waals surface area contributed by atoms with E-state index in [1.165, 1.54) is 13.8 Å². The summed E-state index contributed by atoms with van der Waals surface area (Å²) in [5, 5.41) is 12.8. The molecule has 0 radical (unpaired) electrons. The zero-order valence-corrected chi connectivity index (χ0v) is 10.9. The highest BCUT2D eigenvalue weighted by molar-refractivity contribution is 6.04. The van der Waals surface area contributed by atoms with Gasteiger partial charge in [0.1, 0.15) is 22.6 Å². The molecule has 102 valence electrons. The van der Waals surface area contributed by atoms with Crippen LogP contribution in [0, 0.1) is 18.8 Å². The van der Waals surface area contributed by atoms with Crippen LogP contribution in [0.15, 0.2) is 5.18 Å². The average molecular weight is 267 g/mol. The lowest BCUT2D eigenvalue weighted by Crippen LogP contribution is -2.11. The van der Waals surface area contributed by atoms with Gasteiger partial charge in [0.05, 0.1) is 14.2 Å². The van der Waals surface area contributed by atoms with Crippen LogP contribution < -0.4 is 0 Å². The maximum absolute atomic E-state index is 11.6. The van der Waals surface area contributed by atoms with Gasteiger partial charge in [0.15, 0.2) is 0 Å². The molecule has 0 fully saturated rings. The van der Waals surface area contributed by atoms with E-state index in [9.17, 15) is 19.6 Å². The van der Waals surface area contributed by atoms with Gasteiger partial charge in [0, 0.05) is 0 Å². The van der Waals surface area contributed by atoms with Crippen LogP contribution in [0.4, 0.5) is 5.69 Å². The normalized spacial score (nSPS) is 9.89. The van der Waals surface area contributed by atoms with Gasteiger partial charge in [-0.15, -0.1) is 4.91 Å². The van der Waals surface area contributed by atoms with Crippen molar-refractivity contribution in [3.05, 3.63) is 27.2 Å². The second-order valence-corrected chi connectivity index (χ2v) is 3.77. The van der Waals surface area contributed by atoms with E-state index in [0.29, 0.717) is 0 Å². The SMILES string of the molecule is COC(=O)c1c(C)c(N=O)c(C)c(C(=O)OC)c1O. The summed E-state index contributed by atoms with van der Waals surface area (Å²) in [4.78, 5) is 34.1. The number of benzene rings is 1. The van der Waals surface area contributed by atoms with Crippen LogP contribution in [0.25, 0.3) is 0 Å². The molecule has 0 aliphatic heterocycles. The second kappa shape index (κ2) is 5.47. The molecule has 0 saturated carbocycles. The number of ether oxygens (including phenoxy) is 2. The molecule has 0 spiro atoms. The lowest BCUT2D eigenvalue weighted by Gasteiger charge is -2.14. The number of rotatable bonds is 3. The summed E-state index contributed by atoms with van der Waals surface area (Å²) in [6.07, 6.45) is 0. The first kappa shape index (κ1) is 14.6. The molecule has 0 amide bonds. The van der Waals surface area contributed by atoms with Crippen molar-refractivity contribution in [2.24, 2.45) is 5.18 Å². The highest BCUT2D eigenvalue weighted by Crippen LogP contribution is 2.38. The van der Waals surface area contributed by atoms with Crippen molar-refractivity contribution in [2.75, 3.05) is 14.2 Å². The minimum Gasteiger partial charge on any atom is -0.506 e. The van der Waals surface area contributed by atoms with Gasteiger partial charge in [-0.25, -0.2) is 9.59 Å². The number of nitroso groups, excluding NO2 is 1. The van der Waals surface area contributed by atoms with Crippen molar-refractivity contribution >= 4 is 17.6 Å². The Morgan fingerprint density at radius 2 is 1.37 bits per heavy atom. The van der Waals surface area contributed by atoms with Crippen molar-refractivity contribution in [1.82, 2.24) is 0 Å². The lowest BCUT2D eigenvalue weighted by molar-refractivity contribution is 0.0592. The molecule has 0 aromatic heterocycles. The van der Waals surface area contributed by atoms with Crippen molar-refractivity contribution in [2.45, 2.75) is 13.8 Å². The molecule has 1 aromatic carbocycles. The summed E-state index contributed by atoms with van der Waals surface area (Å²) >= 11 is 0. The number of carbonyl (C=O) groups excluding carboxylic acids is 2. The minimum absolute atomic E-state index is 0.0985. The van der Waals surface area contributed by atoms with E-state index in [2.05, 4.69) is 14.7 Å². The van der Waals surface area contributed by atoms with Gasteiger partial charge in [0.2, 0.25) is 0 Å². The third-order valence-electron chi connectivity index (χ3n) is 2.80. The Morgan fingerprint density at radius 3 is 1.63 bits per heavy atom. The molecular weight excluding hydrogens is 254 g/mol. The van der Waals surface area contributed by atoms with Gasteiger partial charge in [-0.2, -0.15) is 0 Å². The zero-order valence-electron chi connectivity index (χ0n) is 10.9. The van der Waals surface area contributed by atoms with Gasteiger partial charge in [-0.1, -0.05) is 0 Å². The van der Waals surface area contributed by atoms with E-state index >= 15 is 0 Å².